The van der Waals surface area contributed by atoms with Crippen LogP contribution in [0.3, 0.4) is 0 Å². The maximum absolute atomic E-state index is 11.0. The van der Waals surface area contributed by atoms with Gasteiger partial charge in [-0.2, -0.15) is 0 Å². The van der Waals surface area contributed by atoms with Gasteiger partial charge in [-0.25, -0.2) is 0 Å². The minimum atomic E-state index is 0.0793. The van der Waals surface area contributed by atoms with Gasteiger partial charge in [0.1, 0.15) is 6.29 Å². The van der Waals surface area contributed by atoms with Crippen LogP contribution in [0.25, 0.3) is 0 Å². The third kappa shape index (κ3) is 8.22. The zero-order chi connectivity index (χ0) is 14.0. The highest BCUT2D eigenvalue weighted by molar-refractivity contribution is 5.92. The van der Waals surface area contributed by atoms with Crippen LogP contribution in [0.1, 0.15) is 27.7 Å². The molecule has 0 unspecified atom stereocenters. The Morgan fingerprint density at radius 2 is 1.33 bits per heavy atom. The standard InChI is InChI=1S/C16H20O2/c1-13(8-5-6-9-14(2)12-17)10-7-11-15(3)16(4)18/h5-12H,1-4H3/b6-5+,10-7-,13-8-,14-9+,15-11+. The smallest absolute Gasteiger partial charge is 0.155 e. The summed E-state index contributed by atoms with van der Waals surface area (Å²) in [5, 5.41) is 0. The SMILES string of the molecule is CC(=O)/C(C)=C/C=C\C(C)=C/C=C/C=C(\C)C=O. The van der Waals surface area contributed by atoms with E-state index >= 15 is 0 Å². The monoisotopic (exact) mass is 244 g/mol. The van der Waals surface area contributed by atoms with E-state index < -0.39 is 0 Å². The molecule has 0 aromatic rings. The Morgan fingerprint density at radius 3 is 1.83 bits per heavy atom. The lowest BCUT2D eigenvalue weighted by atomic mass is 10.2. The largest absolute Gasteiger partial charge is 0.298 e. The van der Waals surface area contributed by atoms with Gasteiger partial charge in [0.15, 0.2) is 5.78 Å². The minimum Gasteiger partial charge on any atom is -0.298 e. The Balaban J connectivity index is 4.46. The molecule has 0 aliphatic heterocycles. The molecule has 0 N–H and O–H groups in total. The molecule has 0 spiro atoms. The Kier molecular flexibility index (Phi) is 8.12. The fourth-order valence-electron chi connectivity index (χ4n) is 0.971. The molecule has 0 rings (SSSR count). The average Bonchev–Trinajstić information content (AvgIpc) is 2.33. The van der Waals surface area contributed by atoms with Crippen LogP contribution in [-0.2, 0) is 9.59 Å². The molecule has 0 aliphatic rings. The zero-order valence-corrected chi connectivity index (χ0v) is 11.4. The van der Waals surface area contributed by atoms with Gasteiger partial charge >= 0.3 is 0 Å². The van der Waals surface area contributed by atoms with Crippen molar-refractivity contribution in [3.05, 3.63) is 59.3 Å². The summed E-state index contributed by atoms with van der Waals surface area (Å²) >= 11 is 0. The summed E-state index contributed by atoms with van der Waals surface area (Å²) < 4.78 is 0. The molecular formula is C16H20O2. The number of Topliss-reactive ketones (excluding diaryl/α,β-unsaturated/α-hetero) is 1. The molecule has 0 amide bonds. The van der Waals surface area contributed by atoms with Gasteiger partial charge in [-0.1, -0.05) is 48.1 Å². The highest BCUT2D eigenvalue weighted by atomic mass is 16.1. The molecule has 0 saturated heterocycles. The van der Waals surface area contributed by atoms with Crippen molar-refractivity contribution < 1.29 is 9.59 Å². The van der Waals surface area contributed by atoms with E-state index in [9.17, 15) is 9.59 Å². The first-order valence-corrected chi connectivity index (χ1v) is 5.80. The van der Waals surface area contributed by atoms with Gasteiger partial charge in [0.2, 0.25) is 0 Å². The summed E-state index contributed by atoms with van der Waals surface area (Å²) in [6, 6.07) is 0. The molecule has 0 aliphatic carbocycles. The normalized spacial score (nSPS) is 14.6. The van der Waals surface area contributed by atoms with Crippen LogP contribution >= 0.6 is 0 Å². The highest BCUT2D eigenvalue weighted by Crippen LogP contribution is 1.99. The fourth-order valence-corrected chi connectivity index (χ4v) is 0.971. The Bertz CT molecular complexity index is 444. The number of hydrogen-bond acceptors (Lipinski definition) is 2. The highest BCUT2D eigenvalue weighted by Gasteiger charge is 1.91. The first-order valence-electron chi connectivity index (χ1n) is 5.80. The van der Waals surface area contributed by atoms with Crippen LogP contribution < -0.4 is 0 Å². The third-order valence-electron chi connectivity index (χ3n) is 2.28. The topological polar surface area (TPSA) is 34.1 Å². The van der Waals surface area contributed by atoms with Crippen LogP contribution in [0.2, 0.25) is 0 Å². The molecular weight excluding hydrogens is 224 g/mol. The second-order valence-corrected chi connectivity index (χ2v) is 4.09. The Morgan fingerprint density at radius 1 is 0.778 bits per heavy atom. The summed E-state index contributed by atoms with van der Waals surface area (Å²) in [6.45, 7) is 7.06. The Labute approximate surface area is 109 Å². The fraction of sp³-hybridized carbons (Fsp3) is 0.250. The molecule has 0 heterocycles. The molecule has 0 saturated carbocycles. The number of ketones is 1. The van der Waals surface area contributed by atoms with Crippen LogP contribution in [-0.4, -0.2) is 12.1 Å². The first-order chi connectivity index (χ1) is 8.47. The first kappa shape index (κ1) is 16.0. The molecule has 18 heavy (non-hydrogen) atoms. The van der Waals surface area contributed by atoms with Gasteiger partial charge in [0, 0.05) is 0 Å². The van der Waals surface area contributed by atoms with E-state index in [4.69, 9.17) is 0 Å². The van der Waals surface area contributed by atoms with E-state index in [1.807, 2.05) is 37.3 Å². The summed E-state index contributed by atoms with van der Waals surface area (Å²) in [7, 11) is 0. The summed E-state index contributed by atoms with van der Waals surface area (Å²) in [4.78, 5) is 21.3. The summed E-state index contributed by atoms with van der Waals surface area (Å²) in [5.41, 5.74) is 2.49. The van der Waals surface area contributed by atoms with E-state index in [2.05, 4.69) is 0 Å². The van der Waals surface area contributed by atoms with Crippen molar-refractivity contribution in [3.63, 3.8) is 0 Å². The summed E-state index contributed by atoms with van der Waals surface area (Å²) in [5.74, 6) is 0.0793. The van der Waals surface area contributed by atoms with E-state index in [0.29, 0.717) is 5.57 Å². The number of allylic oxidation sites excluding steroid dienone is 10. The van der Waals surface area contributed by atoms with Gasteiger partial charge in [-0.3, -0.25) is 9.59 Å². The lowest BCUT2D eigenvalue weighted by molar-refractivity contribution is -0.113. The lowest BCUT2D eigenvalue weighted by Crippen LogP contribution is -1.89. The van der Waals surface area contributed by atoms with Crippen LogP contribution in [0.15, 0.2) is 59.3 Å². The molecule has 0 atom stereocenters. The Hall–Kier alpha value is -1.96. The van der Waals surface area contributed by atoms with Gasteiger partial charge in [0.25, 0.3) is 0 Å². The predicted molar refractivity (Wildman–Crippen MR) is 76.3 cm³/mol. The molecule has 2 heteroatoms. The van der Waals surface area contributed by atoms with Crippen molar-refractivity contribution in [3.8, 4) is 0 Å². The second-order valence-electron chi connectivity index (χ2n) is 4.09. The van der Waals surface area contributed by atoms with Gasteiger partial charge < -0.3 is 0 Å². The van der Waals surface area contributed by atoms with Gasteiger partial charge in [-0.05, 0) is 38.8 Å². The van der Waals surface area contributed by atoms with Crippen molar-refractivity contribution in [2.45, 2.75) is 27.7 Å². The van der Waals surface area contributed by atoms with E-state index in [-0.39, 0.29) is 5.78 Å². The molecule has 2 nitrogen and oxygen atoms in total. The number of carbonyl (C=O) groups is 2. The van der Waals surface area contributed by atoms with Crippen LogP contribution in [0.5, 0.6) is 0 Å². The predicted octanol–water partition coefficient (Wildman–Crippen LogP) is 3.73. The third-order valence-corrected chi connectivity index (χ3v) is 2.28. The van der Waals surface area contributed by atoms with Crippen molar-refractivity contribution in [2.24, 2.45) is 0 Å². The molecule has 96 valence electrons. The van der Waals surface area contributed by atoms with Crippen molar-refractivity contribution >= 4 is 12.1 Å². The lowest BCUT2D eigenvalue weighted by Gasteiger charge is -1.90. The van der Waals surface area contributed by atoms with Gasteiger partial charge in [-0.15, -0.1) is 0 Å². The molecule has 0 radical (unpaired) electrons. The van der Waals surface area contributed by atoms with E-state index in [1.165, 1.54) is 0 Å². The number of carbonyl (C=O) groups excluding carboxylic acids is 2. The average molecular weight is 244 g/mol. The van der Waals surface area contributed by atoms with E-state index in [0.717, 1.165) is 17.4 Å². The second kappa shape index (κ2) is 9.11. The summed E-state index contributed by atoms with van der Waals surface area (Å²) in [6.07, 6.45) is 13.8. The van der Waals surface area contributed by atoms with Crippen molar-refractivity contribution in [2.75, 3.05) is 0 Å². The molecule has 0 aromatic carbocycles. The van der Waals surface area contributed by atoms with Crippen LogP contribution in [0.4, 0.5) is 0 Å². The molecule has 0 fully saturated rings. The number of rotatable bonds is 6. The van der Waals surface area contributed by atoms with Crippen LogP contribution in [0, 0.1) is 0 Å². The molecule has 0 bridgehead atoms. The maximum atomic E-state index is 11.0. The molecule has 0 aromatic heterocycles. The minimum absolute atomic E-state index is 0.0793. The van der Waals surface area contributed by atoms with Gasteiger partial charge in [0.05, 0.1) is 0 Å². The maximum Gasteiger partial charge on any atom is 0.155 e. The van der Waals surface area contributed by atoms with Crippen molar-refractivity contribution in [1.82, 2.24) is 0 Å². The zero-order valence-electron chi connectivity index (χ0n) is 11.4. The van der Waals surface area contributed by atoms with Crippen molar-refractivity contribution in [1.29, 1.82) is 0 Å². The number of hydrogen-bond donors (Lipinski definition) is 0. The quantitative estimate of drug-likeness (QED) is 0.405. The van der Waals surface area contributed by atoms with E-state index in [1.54, 1.807) is 32.9 Å². The number of aldehydes is 1.